The molecule has 22 aromatic carbocycles. The normalized spacial score (nSPS) is 10.4. The van der Waals surface area contributed by atoms with Crippen LogP contribution < -0.4 is 0 Å². The molecule has 0 spiro atoms. The molecule has 139 heavy (non-hydrogen) atoms. The second kappa shape index (κ2) is 48.7. The monoisotopic (exact) mass is 1780 g/mol. The van der Waals surface area contributed by atoms with E-state index in [1.165, 1.54) is 206 Å². The third-order valence-corrected chi connectivity index (χ3v) is 24.6. The molecule has 0 saturated carbocycles. The first-order chi connectivity index (χ1) is 68.3. The molecule has 0 heteroatoms. The quantitative estimate of drug-likeness (QED) is 0.0960. The lowest BCUT2D eigenvalue weighted by atomic mass is 9.93. The van der Waals surface area contributed by atoms with Crippen LogP contribution in [-0.2, 0) is 0 Å². The number of rotatable bonds is 15. The Kier molecular flexibility index (Phi) is 33.3. The first kappa shape index (κ1) is 95.0. The summed E-state index contributed by atoms with van der Waals surface area (Å²) < 4.78 is 0. The Balaban J connectivity index is 0.000000117. The number of hydrogen-bond donors (Lipinski definition) is 0. The molecule has 0 nitrogen and oxygen atoms in total. The zero-order valence-corrected chi connectivity index (χ0v) is 80.3. The van der Waals surface area contributed by atoms with Crippen LogP contribution in [0.2, 0.25) is 0 Å². The van der Waals surface area contributed by atoms with Gasteiger partial charge in [0.1, 0.15) is 0 Å². The van der Waals surface area contributed by atoms with Crippen LogP contribution in [0.15, 0.2) is 576 Å². The standard InChI is InChI=1S/C25H20.6C19H16/c1-19-12-14-22(15-13-19)25-17-23(20-8-4-2-5-9-20)16-24(18-25)21-10-6-3-7-11-21;1-15-12-18(16-8-4-2-5-9-16)14-19(13-15)17-10-6-3-7-11-17;1-15-14-18(16-8-4-2-5-9-16)12-13-19(15)17-10-6-3-7-11-17;1-15-7-5-10-17(13-15)19-12-6-11-18(14-19)16-8-3-2-4-9-16;1-15-6-5-9-19(14-15)18-12-10-17(11-13-18)16-7-3-2-4-8-16;1-15-10-12-17(13-11-15)19-9-5-8-18(14-19)16-6-3-2-4-7-16;1-15-7-9-17(10-8-15)19-13-11-18(12-14-19)16-5-3-2-4-6-16/h2-18H,1H3;6*2-14H,1H3. The molecule has 0 aromatic heterocycles. The Morgan fingerprint density at radius 1 is 0.0791 bits per heavy atom. The maximum absolute atomic E-state index is 2.28. The van der Waals surface area contributed by atoms with Gasteiger partial charge in [0.05, 0.1) is 0 Å². The Bertz CT molecular complexity index is 7400. The van der Waals surface area contributed by atoms with Gasteiger partial charge < -0.3 is 0 Å². The highest BCUT2D eigenvalue weighted by molar-refractivity contribution is 5.84. The molecular weight excluding hydrogens is 1670 g/mol. The van der Waals surface area contributed by atoms with Crippen molar-refractivity contribution in [3.63, 3.8) is 0 Å². The fourth-order valence-corrected chi connectivity index (χ4v) is 17.1. The SMILES string of the molecule is Cc1cc(-c2ccccc2)cc(-c2ccccc2)c1.Cc1cc(-c2ccccc2)ccc1-c1ccccc1.Cc1ccc(-c2cc(-c3ccccc3)cc(-c3ccccc3)c2)cc1.Cc1ccc(-c2ccc(-c3ccccc3)cc2)cc1.Cc1ccc(-c2cccc(-c3ccccc3)c2)cc1.Cc1cccc(-c2ccc(-c3ccccc3)cc2)c1.Cc1cccc(-c2cccc(-c3ccccc3)c2)c1. The van der Waals surface area contributed by atoms with Crippen molar-refractivity contribution >= 4 is 0 Å². The van der Waals surface area contributed by atoms with E-state index in [0.717, 1.165) is 0 Å². The van der Waals surface area contributed by atoms with Crippen LogP contribution in [0, 0.1) is 48.5 Å². The van der Waals surface area contributed by atoms with Gasteiger partial charge in [-0.1, -0.05) is 568 Å². The summed E-state index contributed by atoms with van der Waals surface area (Å²) in [5.74, 6) is 0. The highest BCUT2D eigenvalue weighted by atomic mass is 14.2. The van der Waals surface area contributed by atoms with Gasteiger partial charge in [-0.3, -0.25) is 0 Å². The van der Waals surface area contributed by atoms with E-state index in [1.54, 1.807) is 0 Å². The maximum Gasteiger partial charge on any atom is -0.0154 e. The van der Waals surface area contributed by atoms with Crippen molar-refractivity contribution in [1.29, 1.82) is 0 Å². The lowest BCUT2D eigenvalue weighted by Gasteiger charge is -2.11. The maximum atomic E-state index is 2.28. The van der Waals surface area contributed by atoms with Gasteiger partial charge in [-0.2, -0.15) is 0 Å². The summed E-state index contributed by atoms with van der Waals surface area (Å²) in [7, 11) is 0. The Morgan fingerprint density at radius 2 is 0.223 bits per heavy atom. The minimum atomic E-state index is 1.24. The first-order valence-electron chi connectivity index (χ1n) is 48.0. The molecule has 0 heterocycles. The number of aryl methyl sites for hydroxylation is 7. The third-order valence-electron chi connectivity index (χ3n) is 24.6. The Hall–Kier alpha value is -17.2. The summed E-state index contributed by atoms with van der Waals surface area (Å²) in [4.78, 5) is 0. The summed E-state index contributed by atoms with van der Waals surface area (Å²) in [5.41, 5.74) is 47.0. The largest absolute Gasteiger partial charge is 0.0622 e. The second-order valence-electron chi connectivity index (χ2n) is 35.2. The van der Waals surface area contributed by atoms with Gasteiger partial charge in [-0.05, 0) is 263 Å². The van der Waals surface area contributed by atoms with Gasteiger partial charge in [0.25, 0.3) is 0 Å². The van der Waals surface area contributed by atoms with Crippen LogP contribution in [0.3, 0.4) is 0 Å². The van der Waals surface area contributed by atoms with Crippen molar-refractivity contribution < 1.29 is 0 Å². The first-order valence-corrected chi connectivity index (χ1v) is 48.0. The van der Waals surface area contributed by atoms with Gasteiger partial charge >= 0.3 is 0 Å². The molecule has 0 aliphatic carbocycles. The van der Waals surface area contributed by atoms with E-state index >= 15 is 0 Å². The van der Waals surface area contributed by atoms with Crippen LogP contribution in [0.1, 0.15) is 38.9 Å². The topological polar surface area (TPSA) is 0 Å². The molecule has 0 fully saturated rings. The zero-order valence-electron chi connectivity index (χ0n) is 80.3. The molecule has 22 aromatic rings. The molecule has 0 atom stereocenters. The van der Waals surface area contributed by atoms with E-state index in [0.29, 0.717) is 0 Å². The summed E-state index contributed by atoms with van der Waals surface area (Å²) in [6.07, 6.45) is 0. The van der Waals surface area contributed by atoms with Crippen molar-refractivity contribution in [3.8, 4) is 167 Å². The van der Waals surface area contributed by atoms with Crippen LogP contribution in [0.5, 0.6) is 0 Å². The van der Waals surface area contributed by atoms with E-state index in [2.05, 4.69) is 601 Å². The zero-order chi connectivity index (χ0) is 95.5. The molecule has 0 bridgehead atoms. The predicted molar refractivity (Wildman–Crippen MR) is 600 cm³/mol. The van der Waals surface area contributed by atoms with Crippen LogP contribution in [0.25, 0.3) is 167 Å². The molecule has 0 aliphatic heterocycles. The van der Waals surface area contributed by atoms with Gasteiger partial charge in [0.2, 0.25) is 0 Å². The van der Waals surface area contributed by atoms with Crippen LogP contribution in [-0.4, -0.2) is 0 Å². The fourth-order valence-electron chi connectivity index (χ4n) is 17.1. The summed E-state index contributed by atoms with van der Waals surface area (Å²) in [5, 5.41) is 0. The van der Waals surface area contributed by atoms with E-state index in [9.17, 15) is 0 Å². The highest BCUT2D eigenvalue weighted by Crippen LogP contribution is 2.37. The van der Waals surface area contributed by atoms with Crippen LogP contribution >= 0.6 is 0 Å². The van der Waals surface area contributed by atoms with Crippen LogP contribution in [0.4, 0.5) is 0 Å². The highest BCUT2D eigenvalue weighted by Gasteiger charge is 2.12. The Morgan fingerprint density at radius 3 is 0.475 bits per heavy atom. The molecule has 0 N–H and O–H groups in total. The average Bonchev–Trinajstić information content (AvgIpc) is 0.796. The van der Waals surface area contributed by atoms with Crippen molar-refractivity contribution in [2.45, 2.75) is 48.5 Å². The molecule has 0 saturated heterocycles. The molecule has 0 unspecified atom stereocenters. The molecule has 0 radical (unpaired) electrons. The van der Waals surface area contributed by atoms with Crippen molar-refractivity contribution in [2.75, 3.05) is 0 Å². The predicted octanol–water partition coefficient (Wildman–Crippen LogP) is 39.0. The fraction of sp³-hybridized carbons (Fsp3) is 0.0504. The smallest absolute Gasteiger partial charge is 0.0154 e. The lowest BCUT2D eigenvalue weighted by Crippen LogP contribution is -1.86. The molecular formula is C139H116. The number of hydrogen-bond acceptors (Lipinski definition) is 0. The van der Waals surface area contributed by atoms with E-state index in [-0.39, 0.29) is 0 Å². The summed E-state index contributed by atoms with van der Waals surface area (Å²) in [6, 6.07) is 204. The van der Waals surface area contributed by atoms with Crippen molar-refractivity contribution in [3.05, 3.63) is 615 Å². The summed E-state index contributed by atoms with van der Waals surface area (Å²) in [6.45, 7) is 14.9. The third kappa shape index (κ3) is 27.3. The van der Waals surface area contributed by atoms with E-state index < -0.39 is 0 Å². The Labute approximate surface area is 824 Å². The van der Waals surface area contributed by atoms with Crippen molar-refractivity contribution in [2.24, 2.45) is 0 Å². The van der Waals surface area contributed by atoms with E-state index in [4.69, 9.17) is 0 Å². The average molecular weight is 1790 g/mol. The van der Waals surface area contributed by atoms with Gasteiger partial charge in [-0.25, -0.2) is 0 Å². The summed E-state index contributed by atoms with van der Waals surface area (Å²) >= 11 is 0. The lowest BCUT2D eigenvalue weighted by molar-refractivity contribution is 1.45. The van der Waals surface area contributed by atoms with Gasteiger partial charge in [0.15, 0.2) is 0 Å². The minimum Gasteiger partial charge on any atom is -0.0622 e. The van der Waals surface area contributed by atoms with Crippen molar-refractivity contribution in [1.82, 2.24) is 0 Å². The molecule has 0 aliphatic rings. The van der Waals surface area contributed by atoms with Gasteiger partial charge in [-0.15, -0.1) is 0 Å². The molecule has 0 amide bonds. The number of benzene rings is 22. The molecule has 672 valence electrons. The minimum absolute atomic E-state index is 1.24. The van der Waals surface area contributed by atoms with Gasteiger partial charge in [0, 0.05) is 0 Å². The second-order valence-corrected chi connectivity index (χ2v) is 35.2. The molecule has 22 rings (SSSR count). The van der Waals surface area contributed by atoms with E-state index in [1.807, 2.05) is 24.3 Å².